The summed E-state index contributed by atoms with van der Waals surface area (Å²) in [6.45, 7) is 10.1. The molecule has 6 nitrogen and oxygen atoms in total. The maximum atomic E-state index is 14.0. The maximum Gasteiger partial charge on any atom is 0.165 e. The summed E-state index contributed by atoms with van der Waals surface area (Å²) in [5.41, 5.74) is 3.69. The molecule has 0 spiro atoms. The molecular weight excluding hydrogens is 457 g/mol. The minimum absolute atomic E-state index is 0.133. The molecule has 1 heterocycles. The zero-order valence-electron chi connectivity index (χ0n) is 22.1. The van der Waals surface area contributed by atoms with Gasteiger partial charge in [0.05, 0.1) is 26.0 Å². The van der Waals surface area contributed by atoms with Gasteiger partial charge in [0.25, 0.3) is 0 Å². The summed E-state index contributed by atoms with van der Waals surface area (Å²) in [6.07, 6.45) is 3.35. The van der Waals surface area contributed by atoms with Gasteiger partial charge in [0.1, 0.15) is 5.82 Å². The molecule has 1 aromatic heterocycles. The number of hydrogen-bond acceptors (Lipinski definition) is 5. The van der Waals surface area contributed by atoms with Crippen LogP contribution in [0, 0.1) is 11.7 Å². The molecule has 0 bridgehead atoms. The number of methoxy groups -OCH3 is 2. The quantitative estimate of drug-likeness (QED) is 0.296. The minimum atomic E-state index is -0.435. The molecule has 0 N–H and O–H groups in total. The summed E-state index contributed by atoms with van der Waals surface area (Å²) in [4.78, 5) is 19.9. The van der Waals surface area contributed by atoms with Gasteiger partial charge in [-0.15, -0.1) is 0 Å². The van der Waals surface area contributed by atoms with E-state index in [2.05, 4.69) is 36.1 Å². The predicted octanol–water partition coefficient (Wildman–Crippen LogP) is 5.49. The van der Waals surface area contributed by atoms with E-state index in [-0.39, 0.29) is 24.0 Å². The van der Waals surface area contributed by atoms with Crippen molar-refractivity contribution in [2.24, 2.45) is 5.92 Å². The van der Waals surface area contributed by atoms with Crippen LogP contribution in [0.15, 0.2) is 48.7 Å². The van der Waals surface area contributed by atoms with Crippen molar-refractivity contribution in [1.29, 1.82) is 0 Å². The summed E-state index contributed by atoms with van der Waals surface area (Å²) < 4.78 is 26.2. The third-order valence-corrected chi connectivity index (χ3v) is 6.19. The van der Waals surface area contributed by atoms with Crippen LogP contribution in [0.1, 0.15) is 32.8 Å². The number of rotatable bonds is 14. The highest BCUT2D eigenvalue weighted by molar-refractivity contribution is 5.79. The highest BCUT2D eigenvalue weighted by atomic mass is 19.1. The number of imidazole rings is 1. The molecule has 0 aliphatic heterocycles. The lowest BCUT2D eigenvalue weighted by Gasteiger charge is -2.19. The van der Waals surface area contributed by atoms with E-state index in [0.717, 1.165) is 43.9 Å². The Morgan fingerprint density at radius 3 is 2.44 bits per heavy atom. The zero-order chi connectivity index (χ0) is 26.1. The van der Waals surface area contributed by atoms with Crippen molar-refractivity contribution in [3.63, 3.8) is 0 Å². The molecule has 3 aromatic rings. The minimum Gasteiger partial charge on any atom is -0.494 e. The van der Waals surface area contributed by atoms with E-state index in [0.29, 0.717) is 17.8 Å². The first kappa shape index (κ1) is 27.6. The Morgan fingerprint density at radius 2 is 1.81 bits per heavy atom. The molecule has 2 aromatic carbocycles. The first-order valence-electron chi connectivity index (χ1n) is 12.6. The van der Waals surface area contributed by atoms with E-state index in [1.807, 2.05) is 24.6 Å². The third kappa shape index (κ3) is 7.48. The molecule has 0 saturated heterocycles. The summed E-state index contributed by atoms with van der Waals surface area (Å²) in [5.74, 6) is 0.735. The monoisotopic (exact) mass is 495 g/mol. The fourth-order valence-corrected chi connectivity index (χ4v) is 4.19. The van der Waals surface area contributed by atoms with Crippen LogP contribution in [0.2, 0.25) is 0 Å². The first-order valence-corrected chi connectivity index (χ1v) is 12.6. The van der Waals surface area contributed by atoms with Crippen LogP contribution in [-0.2, 0) is 22.5 Å². The van der Waals surface area contributed by atoms with Crippen molar-refractivity contribution in [2.75, 3.05) is 40.5 Å². The molecule has 194 valence electrons. The zero-order valence-corrected chi connectivity index (χ0v) is 22.1. The summed E-state index contributed by atoms with van der Waals surface area (Å²) in [5, 5.41) is 0. The second kappa shape index (κ2) is 13.3. The van der Waals surface area contributed by atoms with E-state index in [4.69, 9.17) is 14.5 Å². The van der Waals surface area contributed by atoms with Crippen molar-refractivity contribution in [3.05, 3.63) is 60.0 Å². The van der Waals surface area contributed by atoms with Crippen molar-refractivity contribution >= 4 is 5.78 Å². The lowest BCUT2D eigenvalue weighted by Crippen LogP contribution is -2.29. The van der Waals surface area contributed by atoms with E-state index in [1.165, 1.54) is 18.7 Å². The average molecular weight is 496 g/mol. The molecule has 0 radical (unpaired) electrons. The number of likely N-dealkylation sites (N-methyl/N-ethyl adjacent to an activating group) is 1. The number of carbonyl (C=O) groups excluding carboxylic acids is 1. The standard InChI is InChI=1S/C29H38FN3O3/c1-6-32(15-16-35-4)14-13-22-7-9-23(10-8-22)27-20-33(19-25(34)17-21(2)3)29(31-27)24-11-12-26(30)28(18-24)36-5/h7-12,18,20-21H,6,13-17,19H2,1-5H3. The van der Waals surface area contributed by atoms with Crippen LogP contribution in [0.5, 0.6) is 5.75 Å². The summed E-state index contributed by atoms with van der Waals surface area (Å²) >= 11 is 0. The number of ketones is 1. The Kier molecular flexibility index (Phi) is 10.2. The second-order valence-electron chi connectivity index (χ2n) is 9.44. The summed E-state index contributed by atoms with van der Waals surface area (Å²) in [7, 11) is 3.16. The van der Waals surface area contributed by atoms with Crippen molar-refractivity contribution in [3.8, 4) is 28.4 Å². The van der Waals surface area contributed by atoms with Crippen molar-refractivity contribution in [2.45, 2.75) is 40.2 Å². The number of benzene rings is 2. The second-order valence-corrected chi connectivity index (χ2v) is 9.44. The van der Waals surface area contributed by atoms with Gasteiger partial charge in [-0.25, -0.2) is 9.37 Å². The van der Waals surface area contributed by atoms with Gasteiger partial charge in [-0.1, -0.05) is 45.0 Å². The number of nitrogens with zero attached hydrogens (tertiary/aromatic N) is 3. The fourth-order valence-electron chi connectivity index (χ4n) is 4.19. The first-order chi connectivity index (χ1) is 17.3. The highest BCUT2D eigenvalue weighted by Gasteiger charge is 2.17. The van der Waals surface area contributed by atoms with Crippen LogP contribution >= 0.6 is 0 Å². The van der Waals surface area contributed by atoms with Gasteiger partial charge in [0.2, 0.25) is 0 Å². The van der Waals surface area contributed by atoms with Crippen LogP contribution in [0.3, 0.4) is 0 Å². The molecule has 0 atom stereocenters. The number of ether oxygens (including phenoxy) is 2. The molecule has 0 aliphatic carbocycles. The van der Waals surface area contributed by atoms with Gasteiger partial charge in [0.15, 0.2) is 17.3 Å². The molecule has 0 aliphatic rings. The van der Waals surface area contributed by atoms with Crippen molar-refractivity contribution in [1.82, 2.24) is 14.5 Å². The fraction of sp³-hybridized carbons (Fsp3) is 0.448. The van der Waals surface area contributed by atoms with Crippen LogP contribution in [-0.4, -0.2) is 60.7 Å². The van der Waals surface area contributed by atoms with Crippen LogP contribution < -0.4 is 4.74 Å². The molecule has 0 amide bonds. The Labute approximate surface area is 214 Å². The topological polar surface area (TPSA) is 56.6 Å². The lowest BCUT2D eigenvalue weighted by atomic mass is 10.1. The van der Waals surface area contributed by atoms with E-state index in [1.54, 1.807) is 19.2 Å². The number of aromatic nitrogens is 2. The van der Waals surface area contributed by atoms with E-state index in [9.17, 15) is 9.18 Å². The molecule has 7 heteroatoms. The molecule has 0 fully saturated rings. The van der Waals surface area contributed by atoms with E-state index < -0.39 is 5.82 Å². The number of halogens is 1. The van der Waals surface area contributed by atoms with E-state index >= 15 is 0 Å². The Hall–Kier alpha value is -3.03. The summed E-state index contributed by atoms with van der Waals surface area (Å²) in [6, 6.07) is 13.0. The van der Waals surface area contributed by atoms with Gasteiger partial charge >= 0.3 is 0 Å². The smallest absolute Gasteiger partial charge is 0.165 e. The Morgan fingerprint density at radius 1 is 1.08 bits per heavy atom. The largest absolute Gasteiger partial charge is 0.494 e. The molecule has 36 heavy (non-hydrogen) atoms. The Balaban J connectivity index is 1.85. The molecular formula is C29H38FN3O3. The highest BCUT2D eigenvalue weighted by Crippen LogP contribution is 2.29. The van der Waals surface area contributed by atoms with Crippen molar-refractivity contribution < 1.29 is 18.7 Å². The van der Waals surface area contributed by atoms with Gasteiger partial charge < -0.3 is 18.9 Å². The Bertz CT molecular complexity index is 1130. The maximum absolute atomic E-state index is 14.0. The predicted molar refractivity (Wildman–Crippen MR) is 142 cm³/mol. The third-order valence-electron chi connectivity index (χ3n) is 6.19. The average Bonchev–Trinajstić information content (AvgIpc) is 3.27. The molecule has 0 unspecified atom stereocenters. The number of Topliss-reactive ketones (excluding diaryl/α,β-unsaturated/α-hetero) is 1. The van der Waals surface area contributed by atoms with Gasteiger partial charge in [-0.2, -0.15) is 0 Å². The van der Waals surface area contributed by atoms with Gasteiger partial charge in [-0.3, -0.25) is 4.79 Å². The SMILES string of the molecule is CCN(CCOC)CCc1ccc(-c2cn(CC(=O)CC(C)C)c(-c3ccc(F)c(OC)c3)n2)cc1. The molecule has 3 rings (SSSR count). The number of carbonyl (C=O) groups is 1. The van der Waals surface area contributed by atoms with Gasteiger partial charge in [0, 0.05) is 43.9 Å². The van der Waals surface area contributed by atoms with Gasteiger partial charge in [-0.05, 0) is 42.6 Å². The van der Waals surface area contributed by atoms with Crippen LogP contribution in [0.4, 0.5) is 4.39 Å². The normalized spacial score (nSPS) is 11.4. The number of hydrogen-bond donors (Lipinski definition) is 0. The lowest BCUT2D eigenvalue weighted by molar-refractivity contribution is -0.120. The molecule has 0 saturated carbocycles. The van der Waals surface area contributed by atoms with Crippen LogP contribution in [0.25, 0.3) is 22.6 Å².